The fraction of sp³-hybridized carbons (Fsp3) is 0.125. The van der Waals surface area contributed by atoms with Crippen molar-refractivity contribution in [3.05, 3.63) is 53.5 Å². The minimum absolute atomic E-state index is 0.254. The summed E-state index contributed by atoms with van der Waals surface area (Å²) in [6.07, 6.45) is 0. The summed E-state index contributed by atoms with van der Waals surface area (Å²) in [5.74, 6) is 0.564. The highest BCUT2D eigenvalue weighted by molar-refractivity contribution is 6.03. The number of aryl methyl sites for hydroxylation is 2. The fourth-order valence-electron chi connectivity index (χ4n) is 2.38. The topological polar surface area (TPSA) is 63.3 Å². The molecule has 0 saturated heterocycles. The van der Waals surface area contributed by atoms with Gasteiger partial charge in [0, 0.05) is 10.9 Å². The number of rotatable bonds is 2. The van der Waals surface area contributed by atoms with E-state index in [1.165, 1.54) is 0 Å². The average molecular weight is 267 g/mol. The van der Waals surface area contributed by atoms with Gasteiger partial charge in [-0.1, -0.05) is 18.2 Å². The van der Waals surface area contributed by atoms with Crippen LogP contribution in [0.1, 0.15) is 21.9 Å². The molecule has 0 radical (unpaired) electrons. The molecular weight excluding hydrogens is 254 g/mol. The number of carboxylic acid groups (broad SMARTS) is 1. The number of hydrogen-bond acceptors (Lipinski definition) is 3. The van der Waals surface area contributed by atoms with Gasteiger partial charge in [-0.3, -0.25) is 0 Å². The Morgan fingerprint density at radius 3 is 2.60 bits per heavy atom. The number of carbonyl (C=O) groups is 1. The SMILES string of the molecule is Cc1cc(-c2cc(C(=O)O)c3ccccc3n2)c(C)o1. The largest absolute Gasteiger partial charge is 0.478 e. The first kappa shape index (κ1) is 12.4. The number of benzene rings is 1. The van der Waals surface area contributed by atoms with Crippen LogP contribution in [0.3, 0.4) is 0 Å². The van der Waals surface area contributed by atoms with E-state index in [9.17, 15) is 9.90 Å². The van der Waals surface area contributed by atoms with Crippen molar-refractivity contribution >= 4 is 16.9 Å². The van der Waals surface area contributed by atoms with Gasteiger partial charge in [0.05, 0.1) is 16.8 Å². The highest BCUT2D eigenvalue weighted by Crippen LogP contribution is 2.29. The molecule has 2 aromatic heterocycles. The van der Waals surface area contributed by atoms with Gasteiger partial charge in [-0.05, 0) is 32.0 Å². The molecule has 3 aromatic rings. The van der Waals surface area contributed by atoms with Crippen LogP contribution in [-0.2, 0) is 0 Å². The molecule has 0 fully saturated rings. The van der Waals surface area contributed by atoms with E-state index in [0.717, 1.165) is 17.1 Å². The van der Waals surface area contributed by atoms with Crippen LogP contribution >= 0.6 is 0 Å². The number of nitrogens with zero attached hydrogens (tertiary/aromatic N) is 1. The predicted octanol–water partition coefficient (Wildman–Crippen LogP) is 3.81. The Morgan fingerprint density at radius 2 is 1.95 bits per heavy atom. The van der Waals surface area contributed by atoms with E-state index in [1.54, 1.807) is 12.1 Å². The van der Waals surface area contributed by atoms with Gasteiger partial charge in [0.1, 0.15) is 11.5 Å². The van der Waals surface area contributed by atoms with Crippen molar-refractivity contribution in [2.24, 2.45) is 0 Å². The maximum atomic E-state index is 11.4. The van der Waals surface area contributed by atoms with Crippen LogP contribution in [0.15, 0.2) is 40.8 Å². The zero-order valence-electron chi connectivity index (χ0n) is 11.2. The molecule has 4 heteroatoms. The Balaban J connectivity index is 2.32. The Hall–Kier alpha value is -2.62. The molecule has 4 nitrogen and oxygen atoms in total. The standard InChI is InChI=1S/C16H13NO3/c1-9-7-12(10(2)20-9)15-8-13(16(18)19)11-5-3-4-6-14(11)17-15/h3-8H,1-2H3,(H,18,19). The summed E-state index contributed by atoms with van der Waals surface area (Å²) in [6.45, 7) is 3.70. The second-order valence-electron chi connectivity index (χ2n) is 4.70. The minimum Gasteiger partial charge on any atom is -0.478 e. The number of hydrogen-bond donors (Lipinski definition) is 1. The first-order valence-electron chi connectivity index (χ1n) is 6.27. The summed E-state index contributed by atoms with van der Waals surface area (Å²) in [6, 6.07) is 10.7. The van der Waals surface area contributed by atoms with Gasteiger partial charge in [-0.15, -0.1) is 0 Å². The van der Waals surface area contributed by atoms with Crippen molar-refractivity contribution < 1.29 is 14.3 Å². The van der Waals surface area contributed by atoms with Crippen LogP contribution in [0, 0.1) is 13.8 Å². The van der Waals surface area contributed by atoms with Crippen LogP contribution in [0.25, 0.3) is 22.2 Å². The molecular formula is C16H13NO3. The third kappa shape index (κ3) is 1.95. The fourth-order valence-corrected chi connectivity index (χ4v) is 2.38. The molecule has 0 amide bonds. The quantitative estimate of drug-likeness (QED) is 0.766. The summed E-state index contributed by atoms with van der Waals surface area (Å²) in [5, 5.41) is 10.0. The van der Waals surface area contributed by atoms with Crippen LogP contribution in [0.2, 0.25) is 0 Å². The van der Waals surface area contributed by atoms with Crippen LogP contribution in [0.4, 0.5) is 0 Å². The number of aromatic carboxylic acids is 1. The summed E-state index contributed by atoms with van der Waals surface area (Å²) in [7, 11) is 0. The smallest absolute Gasteiger partial charge is 0.336 e. The van der Waals surface area contributed by atoms with E-state index in [0.29, 0.717) is 16.6 Å². The monoisotopic (exact) mass is 267 g/mol. The van der Waals surface area contributed by atoms with Crippen molar-refractivity contribution in [1.82, 2.24) is 4.98 Å². The summed E-state index contributed by atoms with van der Waals surface area (Å²) in [5.41, 5.74) is 2.37. The van der Waals surface area contributed by atoms with Gasteiger partial charge in [-0.25, -0.2) is 9.78 Å². The maximum Gasteiger partial charge on any atom is 0.336 e. The van der Waals surface area contributed by atoms with Crippen molar-refractivity contribution in [1.29, 1.82) is 0 Å². The van der Waals surface area contributed by atoms with E-state index in [-0.39, 0.29) is 5.56 Å². The Labute approximate surface area is 115 Å². The van der Waals surface area contributed by atoms with Gasteiger partial charge in [0.2, 0.25) is 0 Å². The van der Waals surface area contributed by atoms with Crippen molar-refractivity contribution in [2.75, 3.05) is 0 Å². The summed E-state index contributed by atoms with van der Waals surface area (Å²) in [4.78, 5) is 16.0. The van der Waals surface area contributed by atoms with Crippen LogP contribution in [-0.4, -0.2) is 16.1 Å². The molecule has 1 N–H and O–H groups in total. The first-order chi connectivity index (χ1) is 9.56. The minimum atomic E-state index is -0.956. The first-order valence-corrected chi connectivity index (χ1v) is 6.27. The second-order valence-corrected chi connectivity index (χ2v) is 4.70. The zero-order chi connectivity index (χ0) is 14.3. The second kappa shape index (κ2) is 4.49. The van der Waals surface area contributed by atoms with Gasteiger partial charge in [0.15, 0.2) is 0 Å². The lowest BCUT2D eigenvalue weighted by Crippen LogP contribution is -2.00. The lowest BCUT2D eigenvalue weighted by Gasteiger charge is -2.06. The van der Waals surface area contributed by atoms with E-state index in [4.69, 9.17) is 4.42 Å². The Morgan fingerprint density at radius 1 is 1.20 bits per heavy atom. The average Bonchev–Trinajstić information content (AvgIpc) is 2.76. The van der Waals surface area contributed by atoms with Gasteiger partial charge in [-0.2, -0.15) is 0 Å². The lowest BCUT2D eigenvalue weighted by atomic mass is 10.0. The summed E-state index contributed by atoms with van der Waals surface area (Å²) < 4.78 is 5.49. The Kier molecular flexibility index (Phi) is 2.79. The van der Waals surface area contributed by atoms with Crippen molar-refractivity contribution in [3.8, 4) is 11.3 Å². The van der Waals surface area contributed by atoms with E-state index in [1.807, 2.05) is 38.1 Å². The molecule has 0 bridgehead atoms. The third-order valence-electron chi connectivity index (χ3n) is 3.26. The highest BCUT2D eigenvalue weighted by atomic mass is 16.4. The normalized spacial score (nSPS) is 10.9. The maximum absolute atomic E-state index is 11.4. The molecule has 100 valence electrons. The zero-order valence-corrected chi connectivity index (χ0v) is 11.2. The molecule has 1 aromatic carbocycles. The molecule has 0 aliphatic carbocycles. The molecule has 2 heterocycles. The van der Waals surface area contributed by atoms with Crippen molar-refractivity contribution in [2.45, 2.75) is 13.8 Å². The summed E-state index contributed by atoms with van der Waals surface area (Å²) >= 11 is 0. The molecule has 0 aliphatic heterocycles. The van der Waals surface area contributed by atoms with E-state index in [2.05, 4.69) is 4.98 Å². The van der Waals surface area contributed by atoms with E-state index >= 15 is 0 Å². The molecule has 0 atom stereocenters. The van der Waals surface area contributed by atoms with Crippen molar-refractivity contribution in [3.63, 3.8) is 0 Å². The third-order valence-corrected chi connectivity index (χ3v) is 3.26. The molecule has 0 unspecified atom stereocenters. The molecule has 0 saturated carbocycles. The van der Waals surface area contributed by atoms with E-state index < -0.39 is 5.97 Å². The predicted molar refractivity (Wildman–Crippen MR) is 75.9 cm³/mol. The number of para-hydroxylation sites is 1. The molecule has 0 spiro atoms. The number of fused-ring (bicyclic) bond motifs is 1. The number of furan rings is 1. The molecule has 20 heavy (non-hydrogen) atoms. The van der Waals surface area contributed by atoms with Crippen LogP contribution < -0.4 is 0 Å². The van der Waals surface area contributed by atoms with Gasteiger partial charge >= 0.3 is 5.97 Å². The van der Waals surface area contributed by atoms with Crippen LogP contribution in [0.5, 0.6) is 0 Å². The van der Waals surface area contributed by atoms with Gasteiger partial charge < -0.3 is 9.52 Å². The molecule has 0 aliphatic rings. The van der Waals surface area contributed by atoms with Gasteiger partial charge in [0.25, 0.3) is 0 Å². The molecule has 3 rings (SSSR count). The highest BCUT2D eigenvalue weighted by Gasteiger charge is 2.15. The lowest BCUT2D eigenvalue weighted by molar-refractivity contribution is 0.0699. The Bertz CT molecular complexity index is 818. The number of carboxylic acids is 1. The number of aromatic nitrogens is 1. The number of pyridine rings is 1.